The lowest BCUT2D eigenvalue weighted by Crippen LogP contribution is -2.14. The molecule has 2 aromatic rings. The number of hydrogen-bond acceptors (Lipinski definition) is 3. The number of benzene rings is 2. The summed E-state index contributed by atoms with van der Waals surface area (Å²) in [5.74, 6) is -0.306. The van der Waals surface area contributed by atoms with Crippen molar-refractivity contribution in [3.63, 3.8) is 0 Å². The molecule has 0 heterocycles. The number of amidine groups is 1. The first-order valence-corrected chi connectivity index (χ1v) is 7.42. The molecular formula is C14H11Br2FN2O2. The number of halogens is 3. The SMILES string of the molecule is Cc1ccc(Oc2ccc(/C(N)=N/O)c(Br)c2F)c(Br)c1. The number of rotatable bonds is 3. The second-order valence-electron chi connectivity index (χ2n) is 4.26. The lowest BCUT2D eigenvalue weighted by molar-refractivity contribution is 0.318. The molecule has 0 saturated heterocycles. The van der Waals surface area contributed by atoms with Gasteiger partial charge in [0, 0.05) is 5.56 Å². The number of aryl methyl sites for hydroxylation is 1. The molecule has 21 heavy (non-hydrogen) atoms. The van der Waals surface area contributed by atoms with Gasteiger partial charge in [0.2, 0.25) is 0 Å². The van der Waals surface area contributed by atoms with Crippen LogP contribution < -0.4 is 10.5 Å². The van der Waals surface area contributed by atoms with E-state index in [1.54, 1.807) is 6.07 Å². The second kappa shape index (κ2) is 6.44. The van der Waals surface area contributed by atoms with Crippen LogP contribution in [0, 0.1) is 12.7 Å². The Morgan fingerprint density at radius 3 is 2.52 bits per heavy atom. The molecule has 0 aliphatic carbocycles. The molecule has 0 spiro atoms. The zero-order valence-electron chi connectivity index (χ0n) is 10.9. The summed E-state index contributed by atoms with van der Waals surface area (Å²) in [6, 6.07) is 8.38. The molecule has 0 aliphatic rings. The van der Waals surface area contributed by atoms with E-state index in [1.807, 2.05) is 19.1 Å². The monoisotopic (exact) mass is 416 g/mol. The summed E-state index contributed by atoms with van der Waals surface area (Å²) < 4.78 is 20.6. The molecule has 0 aromatic heterocycles. The Balaban J connectivity index is 2.40. The maximum Gasteiger partial charge on any atom is 0.180 e. The Bertz CT molecular complexity index is 720. The third-order valence-corrected chi connectivity index (χ3v) is 4.13. The van der Waals surface area contributed by atoms with Gasteiger partial charge in [-0.05, 0) is 68.6 Å². The van der Waals surface area contributed by atoms with Crippen molar-refractivity contribution < 1.29 is 14.3 Å². The van der Waals surface area contributed by atoms with Gasteiger partial charge in [0.1, 0.15) is 5.75 Å². The highest BCUT2D eigenvalue weighted by molar-refractivity contribution is 9.10. The van der Waals surface area contributed by atoms with Crippen LogP contribution in [0.5, 0.6) is 11.5 Å². The fourth-order valence-corrected chi connectivity index (χ4v) is 2.77. The van der Waals surface area contributed by atoms with Gasteiger partial charge in [0.05, 0.1) is 8.95 Å². The van der Waals surface area contributed by atoms with Crippen molar-refractivity contribution in [2.24, 2.45) is 10.9 Å². The van der Waals surface area contributed by atoms with Crippen LogP contribution in [0.2, 0.25) is 0 Å². The molecule has 2 rings (SSSR count). The van der Waals surface area contributed by atoms with Crippen LogP contribution >= 0.6 is 31.9 Å². The molecule has 2 aromatic carbocycles. The van der Waals surface area contributed by atoms with Gasteiger partial charge in [-0.15, -0.1) is 0 Å². The van der Waals surface area contributed by atoms with E-state index >= 15 is 0 Å². The molecule has 0 unspecified atom stereocenters. The van der Waals surface area contributed by atoms with E-state index in [0.717, 1.165) is 10.0 Å². The second-order valence-corrected chi connectivity index (χ2v) is 5.91. The van der Waals surface area contributed by atoms with Crippen LogP contribution in [0.1, 0.15) is 11.1 Å². The maximum absolute atomic E-state index is 14.3. The smallest absolute Gasteiger partial charge is 0.180 e. The molecule has 0 amide bonds. The molecule has 7 heteroatoms. The van der Waals surface area contributed by atoms with Gasteiger partial charge < -0.3 is 15.7 Å². The molecule has 0 aliphatic heterocycles. The third kappa shape index (κ3) is 3.36. The minimum absolute atomic E-state index is 0.0286. The zero-order chi connectivity index (χ0) is 15.6. The summed E-state index contributed by atoms with van der Waals surface area (Å²) >= 11 is 6.44. The standard InChI is InChI=1S/C14H11Br2FN2O2/c1-7-2-4-10(9(15)6-7)21-11-5-3-8(14(18)19-20)12(16)13(11)17/h2-6,20H,1H3,(H2,18,19). The van der Waals surface area contributed by atoms with Gasteiger partial charge in [0.25, 0.3) is 0 Å². The highest BCUT2D eigenvalue weighted by atomic mass is 79.9. The summed E-state index contributed by atoms with van der Waals surface area (Å²) in [6.45, 7) is 1.94. The molecule has 0 radical (unpaired) electrons. The van der Waals surface area contributed by atoms with Crippen LogP contribution in [0.25, 0.3) is 0 Å². The Hall–Kier alpha value is -1.60. The van der Waals surface area contributed by atoms with Crippen molar-refractivity contribution >= 4 is 37.7 Å². The summed E-state index contributed by atoms with van der Waals surface area (Å²) in [5.41, 5.74) is 6.76. The number of nitrogens with two attached hydrogens (primary N) is 1. The molecular weight excluding hydrogens is 407 g/mol. The lowest BCUT2D eigenvalue weighted by Gasteiger charge is -2.11. The van der Waals surface area contributed by atoms with Gasteiger partial charge in [-0.3, -0.25) is 0 Å². The van der Waals surface area contributed by atoms with Gasteiger partial charge in [-0.1, -0.05) is 11.2 Å². The largest absolute Gasteiger partial charge is 0.453 e. The first-order valence-electron chi connectivity index (χ1n) is 5.84. The van der Waals surface area contributed by atoms with E-state index in [2.05, 4.69) is 37.0 Å². The van der Waals surface area contributed by atoms with Gasteiger partial charge >= 0.3 is 0 Å². The Morgan fingerprint density at radius 2 is 1.90 bits per heavy atom. The quantitative estimate of drug-likeness (QED) is 0.333. The zero-order valence-corrected chi connectivity index (χ0v) is 14.1. The number of ether oxygens (including phenoxy) is 1. The minimum atomic E-state index is -0.633. The summed E-state index contributed by atoms with van der Waals surface area (Å²) in [5, 5.41) is 11.5. The molecule has 4 nitrogen and oxygen atoms in total. The first-order chi connectivity index (χ1) is 9.93. The Morgan fingerprint density at radius 1 is 1.24 bits per heavy atom. The molecule has 0 saturated carbocycles. The summed E-state index contributed by atoms with van der Waals surface area (Å²) in [4.78, 5) is 0. The van der Waals surface area contributed by atoms with Crippen molar-refractivity contribution in [3.8, 4) is 11.5 Å². The minimum Gasteiger partial charge on any atom is -0.453 e. The topological polar surface area (TPSA) is 67.8 Å². The van der Waals surface area contributed by atoms with Crippen molar-refractivity contribution in [2.45, 2.75) is 6.92 Å². The van der Waals surface area contributed by atoms with E-state index in [1.165, 1.54) is 12.1 Å². The highest BCUT2D eigenvalue weighted by Gasteiger charge is 2.16. The predicted octanol–water partition coefficient (Wildman–Crippen LogP) is 4.55. The highest BCUT2D eigenvalue weighted by Crippen LogP contribution is 2.35. The van der Waals surface area contributed by atoms with Crippen LogP contribution in [-0.2, 0) is 0 Å². The third-order valence-electron chi connectivity index (χ3n) is 2.74. The van der Waals surface area contributed by atoms with Crippen LogP contribution in [0.4, 0.5) is 4.39 Å². The normalized spacial score (nSPS) is 11.5. The van der Waals surface area contributed by atoms with Crippen molar-refractivity contribution in [1.82, 2.24) is 0 Å². The number of oxime groups is 1. The molecule has 3 N–H and O–H groups in total. The Labute approximate surface area is 137 Å². The average molecular weight is 418 g/mol. The molecule has 0 fully saturated rings. The van der Waals surface area contributed by atoms with Gasteiger partial charge in [-0.25, -0.2) is 4.39 Å². The molecule has 0 bridgehead atoms. The number of nitrogens with zero attached hydrogens (tertiary/aromatic N) is 1. The number of hydrogen-bond donors (Lipinski definition) is 2. The average Bonchev–Trinajstić information content (AvgIpc) is 2.46. The predicted molar refractivity (Wildman–Crippen MR) is 85.6 cm³/mol. The molecule has 110 valence electrons. The summed E-state index contributed by atoms with van der Waals surface area (Å²) in [7, 11) is 0. The Kier molecular flexibility index (Phi) is 4.84. The van der Waals surface area contributed by atoms with Crippen molar-refractivity contribution in [3.05, 3.63) is 56.2 Å². The van der Waals surface area contributed by atoms with E-state index in [0.29, 0.717) is 5.75 Å². The summed E-state index contributed by atoms with van der Waals surface area (Å²) in [6.07, 6.45) is 0. The van der Waals surface area contributed by atoms with Gasteiger partial charge in [0.15, 0.2) is 17.4 Å². The van der Waals surface area contributed by atoms with Crippen molar-refractivity contribution in [2.75, 3.05) is 0 Å². The fraction of sp³-hybridized carbons (Fsp3) is 0.0714. The fourth-order valence-electron chi connectivity index (χ4n) is 1.67. The van der Waals surface area contributed by atoms with Crippen molar-refractivity contribution in [1.29, 1.82) is 0 Å². The van der Waals surface area contributed by atoms with E-state index in [9.17, 15) is 4.39 Å². The van der Waals surface area contributed by atoms with Gasteiger partial charge in [-0.2, -0.15) is 0 Å². The lowest BCUT2D eigenvalue weighted by atomic mass is 10.2. The molecule has 0 atom stereocenters. The first kappa shape index (κ1) is 15.8. The van der Waals surface area contributed by atoms with Crippen LogP contribution in [-0.4, -0.2) is 11.0 Å². The van der Waals surface area contributed by atoms with Crippen LogP contribution in [0.15, 0.2) is 44.4 Å². The van der Waals surface area contributed by atoms with E-state index < -0.39 is 5.82 Å². The van der Waals surface area contributed by atoms with Crippen LogP contribution in [0.3, 0.4) is 0 Å². The van der Waals surface area contributed by atoms with E-state index in [-0.39, 0.29) is 21.6 Å². The van der Waals surface area contributed by atoms with E-state index in [4.69, 9.17) is 15.7 Å². The maximum atomic E-state index is 14.3.